The van der Waals surface area contributed by atoms with Gasteiger partial charge in [-0.2, -0.15) is 0 Å². The lowest BCUT2D eigenvalue weighted by Gasteiger charge is -2.15. The molecule has 0 aliphatic rings. The molecule has 1 unspecified atom stereocenters. The molecule has 0 saturated carbocycles. The monoisotopic (exact) mass is 348 g/mol. The van der Waals surface area contributed by atoms with E-state index in [1.807, 2.05) is 0 Å². The summed E-state index contributed by atoms with van der Waals surface area (Å²) in [6.45, 7) is 0. The average Bonchev–Trinajstić information content (AvgIpc) is 2.43. The van der Waals surface area contributed by atoms with E-state index >= 15 is 0 Å². The third-order valence-electron chi connectivity index (χ3n) is 2.76. The first-order chi connectivity index (χ1) is 9.43. The SMILES string of the molecule is COc1ccc(F)cc1C(Br)c1cc(F)c(F)c(F)c1. The lowest BCUT2D eigenvalue weighted by Crippen LogP contribution is -2.01. The molecule has 106 valence electrons. The highest BCUT2D eigenvalue weighted by Gasteiger charge is 2.20. The van der Waals surface area contributed by atoms with Crippen LogP contribution in [0.15, 0.2) is 30.3 Å². The van der Waals surface area contributed by atoms with Gasteiger partial charge in [0.15, 0.2) is 17.5 Å². The van der Waals surface area contributed by atoms with Gasteiger partial charge in [-0.1, -0.05) is 15.9 Å². The predicted octanol–water partition coefficient (Wildman–Crippen LogP) is 4.74. The Bertz CT molecular complexity index is 622. The summed E-state index contributed by atoms with van der Waals surface area (Å²) in [5.41, 5.74) is 0.461. The molecule has 0 bridgehead atoms. The van der Waals surface area contributed by atoms with Gasteiger partial charge in [-0.15, -0.1) is 0 Å². The van der Waals surface area contributed by atoms with E-state index in [4.69, 9.17) is 4.74 Å². The Labute approximate surface area is 121 Å². The molecule has 1 atom stereocenters. The first kappa shape index (κ1) is 14.8. The lowest BCUT2D eigenvalue weighted by atomic mass is 10.0. The number of benzene rings is 2. The molecule has 0 aromatic heterocycles. The zero-order chi connectivity index (χ0) is 14.9. The van der Waals surface area contributed by atoms with Gasteiger partial charge < -0.3 is 4.74 Å². The summed E-state index contributed by atoms with van der Waals surface area (Å²) in [6, 6.07) is 5.48. The first-order valence-corrected chi connectivity index (χ1v) is 6.47. The molecule has 0 spiro atoms. The Morgan fingerprint density at radius 3 is 2.15 bits per heavy atom. The molecule has 0 radical (unpaired) electrons. The van der Waals surface area contributed by atoms with Crippen LogP contribution in [0.2, 0.25) is 0 Å². The van der Waals surface area contributed by atoms with Crippen LogP contribution in [0.3, 0.4) is 0 Å². The molecule has 6 heteroatoms. The standard InChI is InChI=1S/C14H9BrF4O/c1-20-12-3-2-8(16)6-9(12)13(15)7-4-10(17)14(19)11(18)5-7/h2-6,13H,1H3. The van der Waals surface area contributed by atoms with Crippen LogP contribution in [0, 0.1) is 23.3 Å². The molecule has 0 N–H and O–H groups in total. The Hall–Kier alpha value is -1.56. The molecule has 2 aromatic rings. The van der Waals surface area contributed by atoms with Gasteiger partial charge in [0.25, 0.3) is 0 Å². The zero-order valence-electron chi connectivity index (χ0n) is 10.3. The fourth-order valence-electron chi connectivity index (χ4n) is 1.80. The Morgan fingerprint density at radius 1 is 1.00 bits per heavy atom. The summed E-state index contributed by atoms with van der Waals surface area (Å²) in [5, 5.41) is 0. The Morgan fingerprint density at radius 2 is 1.60 bits per heavy atom. The van der Waals surface area contributed by atoms with Crippen LogP contribution in [0.25, 0.3) is 0 Å². The summed E-state index contributed by atoms with van der Waals surface area (Å²) in [5.74, 6) is -4.33. The van der Waals surface area contributed by atoms with Crippen LogP contribution < -0.4 is 4.74 Å². The number of halogens is 5. The quantitative estimate of drug-likeness (QED) is 0.442. The number of hydrogen-bond acceptors (Lipinski definition) is 1. The summed E-state index contributed by atoms with van der Waals surface area (Å²) in [4.78, 5) is -0.738. The fourth-order valence-corrected chi connectivity index (χ4v) is 2.43. The molecule has 2 aromatic carbocycles. The molecule has 2 rings (SSSR count). The summed E-state index contributed by atoms with van der Waals surface area (Å²) < 4.78 is 57.8. The molecule has 0 saturated heterocycles. The topological polar surface area (TPSA) is 9.23 Å². The van der Waals surface area contributed by atoms with E-state index in [2.05, 4.69) is 15.9 Å². The largest absolute Gasteiger partial charge is 0.496 e. The van der Waals surface area contributed by atoms with Crippen LogP contribution in [0.5, 0.6) is 5.75 Å². The van der Waals surface area contributed by atoms with E-state index in [1.54, 1.807) is 0 Å². The Balaban J connectivity index is 2.51. The van der Waals surface area contributed by atoms with Crippen molar-refractivity contribution < 1.29 is 22.3 Å². The fraction of sp³-hybridized carbons (Fsp3) is 0.143. The molecule has 0 fully saturated rings. The smallest absolute Gasteiger partial charge is 0.194 e. The lowest BCUT2D eigenvalue weighted by molar-refractivity contribution is 0.409. The van der Waals surface area contributed by atoms with Crippen LogP contribution in [0.1, 0.15) is 16.0 Å². The van der Waals surface area contributed by atoms with Gasteiger partial charge in [-0.05, 0) is 35.9 Å². The molecule has 20 heavy (non-hydrogen) atoms. The van der Waals surface area contributed by atoms with Crippen molar-refractivity contribution in [2.45, 2.75) is 4.83 Å². The highest BCUT2D eigenvalue weighted by atomic mass is 79.9. The van der Waals surface area contributed by atoms with E-state index in [9.17, 15) is 17.6 Å². The summed E-state index contributed by atoms with van der Waals surface area (Å²) in [7, 11) is 1.39. The van der Waals surface area contributed by atoms with Gasteiger partial charge >= 0.3 is 0 Å². The van der Waals surface area contributed by atoms with Gasteiger partial charge in [0.05, 0.1) is 11.9 Å². The van der Waals surface area contributed by atoms with Crippen LogP contribution in [0.4, 0.5) is 17.6 Å². The van der Waals surface area contributed by atoms with Crippen molar-refractivity contribution in [3.8, 4) is 5.75 Å². The molecular weight excluding hydrogens is 340 g/mol. The van der Waals surface area contributed by atoms with E-state index in [0.717, 1.165) is 12.1 Å². The first-order valence-electron chi connectivity index (χ1n) is 5.56. The highest BCUT2D eigenvalue weighted by Crippen LogP contribution is 2.37. The highest BCUT2D eigenvalue weighted by molar-refractivity contribution is 9.09. The molecule has 0 aliphatic carbocycles. The predicted molar refractivity (Wildman–Crippen MR) is 70.0 cm³/mol. The molecule has 1 nitrogen and oxygen atoms in total. The maximum absolute atomic E-state index is 13.3. The third kappa shape index (κ3) is 2.80. The average molecular weight is 349 g/mol. The van der Waals surface area contributed by atoms with Crippen molar-refractivity contribution in [3.05, 3.63) is 64.7 Å². The maximum Gasteiger partial charge on any atom is 0.194 e. The van der Waals surface area contributed by atoms with Gasteiger partial charge in [-0.25, -0.2) is 17.6 Å². The molecule has 0 aliphatic heterocycles. The second kappa shape index (κ2) is 5.83. The van der Waals surface area contributed by atoms with Gasteiger partial charge in [0, 0.05) is 5.56 Å². The molecule has 0 amide bonds. The number of hydrogen-bond donors (Lipinski definition) is 0. The summed E-state index contributed by atoms with van der Waals surface area (Å²) >= 11 is 3.21. The summed E-state index contributed by atoms with van der Waals surface area (Å²) in [6.07, 6.45) is 0. The molecular formula is C14H9BrF4O. The molecule has 0 heterocycles. The van der Waals surface area contributed by atoms with Crippen molar-refractivity contribution in [2.75, 3.05) is 7.11 Å². The van der Waals surface area contributed by atoms with E-state index in [1.165, 1.54) is 25.3 Å². The van der Waals surface area contributed by atoms with Crippen molar-refractivity contribution in [1.29, 1.82) is 0 Å². The number of methoxy groups -OCH3 is 1. The van der Waals surface area contributed by atoms with Crippen molar-refractivity contribution >= 4 is 15.9 Å². The van der Waals surface area contributed by atoms with Gasteiger partial charge in [0.2, 0.25) is 0 Å². The van der Waals surface area contributed by atoms with Gasteiger partial charge in [0.1, 0.15) is 11.6 Å². The van der Waals surface area contributed by atoms with E-state index < -0.39 is 28.1 Å². The minimum Gasteiger partial charge on any atom is -0.496 e. The number of rotatable bonds is 3. The van der Waals surface area contributed by atoms with Crippen molar-refractivity contribution in [1.82, 2.24) is 0 Å². The zero-order valence-corrected chi connectivity index (χ0v) is 11.8. The number of ether oxygens (including phenoxy) is 1. The van der Waals surface area contributed by atoms with Crippen LogP contribution >= 0.6 is 15.9 Å². The van der Waals surface area contributed by atoms with Crippen molar-refractivity contribution in [3.63, 3.8) is 0 Å². The van der Waals surface area contributed by atoms with Gasteiger partial charge in [-0.3, -0.25) is 0 Å². The third-order valence-corrected chi connectivity index (χ3v) is 3.79. The van der Waals surface area contributed by atoms with Crippen molar-refractivity contribution in [2.24, 2.45) is 0 Å². The normalized spacial score (nSPS) is 12.3. The second-order valence-corrected chi connectivity index (χ2v) is 4.96. The second-order valence-electron chi connectivity index (χ2n) is 4.05. The Kier molecular flexibility index (Phi) is 4.32. The van der Waals surface area contributed by atoms with E-state index in [0.29, 0.717) is 11.3 Å². The number of alkyl halides is 1. The van der Waals surface area contributed by atoms with Crippen LogP contribution in [-0.4, -0.2) is 7.11 Å². The van der Waals surface area contributed by atoms with Crippen LogP contribution in [-0.2, 0) is 0 Å². The minimum absolute atomic E-state index is 0.116. The van der Waals surface area contributed by atoms with E-state index in [-0.39, 0.29) is 5.56 Å². The minimum atomic E-state index is -1.54. The maximum atomic E-state index is 13.3.